The molecule has 0 aliphatic rings. The summed E-state index contributed by atoms with van der Waals surface area (Å²) in [6, 6.07) is 6.60. The summed E-state index contributed by atoms with van der Waals surface area (Å²) in [5.41, 5.74) is -0.663. The number of carboxylic acids is 1. The van der Waals surface area contributed by atoms with Gasteiger partial charge in [0.25, 0.3) is 0 Å². The van der Waals surface area contributed by atoms with Gasteiger partial charge < -0.3 is 25.2 Å². The predicted octanol–water partition coefficient (Wildman–Crippen LogP) is 8.06. The number of carbonyl (C=O) groups is 6. The molecule has 3 atom stereocenters. The van der Waals surface area contributed by atoms with E-state index in [0.29, 0.717) is 44.9 Å². The molecular formula is C43H72N2O9Sn. The second-order valence-corrected chi connectivity index (χ2v) is 33.5. The van der Waals surface area contributed by atoms with E-state index in [2.05, 4.69) is 49.7 Å². The molecule has 1 aromatic rings. The number of nitrogens with one attached hydrogen (secondary N) is 2. The molecule has 1 rings (SSSR count). The van der Waals surface area contributed by atoms with Gasteiger partial charge in [-0.15, -0.1) is 0 Å². The van der Waals surface area contributed by atoms with Crippen molar-refractivity contribution < 1.29 is 43.3 Å². The number of esters is 2. The maximum absolute atomic E-state index is 13.2. The number of hydrogen-bond donors (Lipinski definition) is 3. The molecule has 0 fully saturated rings. The minimum Gasteiger partial charge on any atom is -0.481 e. The topological polar surface area (TPSA) is 165 Å². The average molecular weight is 880 g/mol. The van der Waals surface area contributed by atoms with Crippen LogP contribution in [0.2, 0.25) is 14.8 Å². The number of urea groups is 1. The quantitative estimate of drug-likeness (QED) is 0.0560. The third-order valence-electron chi connectivity index (χ3n) is 9.19. The first-order valence-corrected chi connectivity index (χ1v) is 30.0. The van der Waals surface area contributed by atoms with Crippen molar-refractivity contribution in [3.8, 4) is 0 Å². The number of unbranched alkanes of at least 4 members (excludes halogenated alkanes) is 2. The zero-order valence-electron chi connectivity index (χ0n) is 35.9. The summed E-state index contributed by atoms with van der Waals surface area (Å²) in [4.78, 5) is 83.4. The summed E-state index contributed by atoms with van der Waals surface area (Å²) < 4.78 is 12.4. The molecule has 3 N–H and O–H groups in total. The Morgan fingerprint density at radius 1 is 0.673 bits per heavy atom. The fraction of sp³-hybridized carbons (Fsp3) is 0.721. The van der Waals surface area contributed by atoms with Crippen LogP contribution in [0.1, 0.15) is 145 Å². The molecule has 0 aliphatic carbocycles. The molecule has 1 aromatic carbocycles. The minimum atomic E-state index is -2.07. The van der Waals surface area contributed by atoms with Gasteiger partial charge in [-0.25, -0.2) is 9.59 Å². The number of carboxylic acid groups (broad SMARTS) is 1. The van der Waals surface area contributed by atoms with Crippen molar-refractivity contribution in [3.05, 3.63) is 29.8 Å². The van der Waals surface area contributed by atoms with E-state index in [-0.39, 0.29) is 43.2 Å². The number of benzene rings is 1. The molecule has 3 unspecified atom stereocenters. The number of ether oxygens (including phenoxy) is 2. The largest absolute Gasteiger partial charge is 0.481 e. The summed E-state index contributed by atoms with van der Waals surface area (Å²) in [5, 5.41) is 15.4. The first-order valence-electron chi connectivity index (χ1n) is 20.0. The van der Waals surface area contributed by atoms with Gasteiger partial charge in [-0.05, 0) is 66.2 Å². The second kappa shape index (κ2) is 22.7. The van der Waals surface area contributed by atoms with Gasteiger partial charge in [-0.2, -0.15) is 0 Å². The number of hydrogen-bond acceptors (Lipinski definition) is 8. The van der Waals surface area contributed by atoms with Gasteiger partial charge in [0, 0.05) is 25.3 Å². The predicted molar refractivity (Wildman–Crippen MR) is 220 cm³/mol. The summed E-state index contributed by atoms with van der Waals surface area (Å²) in [7, 11) is 0. The normalized spacial score (nSPS) is 14.0. The third-order valence-corrected chi connectivity index (χ3v) is 15.1. The van der Waals surface area contributed by atoms with Crippen LogP contribution in [-0.2, 0) is 39.9 Å². The van der Waals surface area contributed by atoms with Gasteiger partial charge in [0.1, 0.15) is 23.0 Å². The van der Waals surface area contributed by atoms with E-state index in [9.17, 15) is 33.9 Å². The maximum Gasteiger partial charge on any atom is 0.329 e. The molecule has 0 saturated heterocycles. The number of rotatable bonds is 23. The Bertz CT molecular complexity index is 1410. The molecule has 0 aliphatic heterocycles. The standard InChI is InChI=1S/C40H63N2O9.3CH3.Sn/c1-38(2,3)33(25-26-34(45)50-39(4,5)6)42-37(49)41-32(36(48)51-40(7,8)9)24-23-31(44)27-29(35(46)47)20-14-11-15-21-30(43)22-16-19-28-17-12-10-13-18-28;;;;/h12-13,17-18,29,32-33H,11,14-16,19-27H2,1-9H3,(H,46,47)(H2,41,42,49);3*1H3;. The van der Waals surface area contributed by atoms with Crippen molar-refractivity contribution in [2.45, 2.75) is 184 Å². The smallest absolute Gasteiger partial charge is 0.329 e. The fourth-order valence-corrected chi connectivity index (χ4v) is 9.36. The zero-order valence-corrected chi connectivity index (χ0v) is 38.8. The average Bonchev–Trinajstić information content (AvgIpc) is 3.01. The van der Waals surface area contributed by atoms with E-state index in [0.717, 1.165) is 12.8 Å². The zero-order chi connectivity index (χ0) is 42.2. The number of carbonyl (C=O) groups excluding carboxylic acids is 5. The molecule has 312 valence electrons. The van der Waals surface area contributed by atoms with Gasteiger partial charge >= 0.3 is 146 Å². The summed E-state index contributed by atoms with van der Waals surface area (Å²) in [5.74, 6) is -3.17. The van der Waals surface area contributed by atoms with Gasteiger partial charge in [0.2, 0.25) is 0 Å². The van der Waals surface area contributed by atoms with Crippen LogP contribution in [0.25, 0.3) is 0 Å². The molecule has 55 heavy (non-hydrogen) atoms. The van der Waals surface area contributed by atoms with Gasteiger partial charge in [0.05, 0.1) is 5.92 Å². The summed E-state index contributed by atoms with van der Waals surface area (Å²) in [6.07, 6.45) is 4.91. The first-order chi connectivity index (χ1) is 25.2. The molecule has 0 saturated carbocycles. The Morgan fingerprint density at radius 3 is 1.78 bits per heavy atom. The van der Waals surface area contributed by atoms with Crippen molar-refractivity contribution in [1.82, 2.24) is 10.6 Å². The van der Waals surface area contributed by atoms with Gasteiger partial charge in [0.15, 0.2) is 0 Å². The SMILES string of the molecule is CC(C)(C)OC(=O)CCC(NC(=O)NC(CCC(=O)CC(CCCCCC(=O)CCCc1cc[c]([Sn]([CH3])([CH3])[CH3])cc1)C(=O)O)C(=O)OC(C)(C)C)C(C)(C)C. The molecule has 11 nitrogen and oxygen atoms in total. The van der Waals surface area contributed by atoms with E-state index in [1.807, 2.05) is 20.8 Å². The number of ketones is 2. The fourth-order valence-electron chi connectivity index (χ4n) is 6.03. The number of aliphatic carboxylic acids is 1. The van der Waals surface area contributed by atoms with E-state index < -0.39 is 71.0 Å². The monoisotopic (exact) mass is 880 g/mol. The molecule has 0 spiro atoms. The summed E-state index contributed by atoms with van der Waals surface area (Å²) in [6.45, 7) is 16.2. The molecule has 0 radical (unpaired) electrons. The van der Waals surface area contributed by atoms with Crippen LogP contribution in [0.4, 0.5) is 4.79 Å². The molecule has 2 amide bonds. The molecule has 0 aromatic heterocycles. The van der Waals surface area contributed by atoms with Gasteiger partial charge in [-0.1, -0.05) is 20.8 Å². The Kier molecular flexibility index (Phi) is 20.7. The van der Waals surface area contributed by atoms with Crippen LogP contribution in [-0.4, -0.2) is 82.3 Å². The number of aryl methyl sites for hydroxylation is 1. The Labute approximate surface area is 335 Å². The van der Waals surface area contributed by atoms with Crippen LogP contribution in [0.15, 0.2) is 24.3 Å². The van der Waals surface area contributed by atoms with Crippen LogP contribution >= 0.6 is 0 Å². The molecule has 12 heteroatoms. The molecule has 0 bridgehead atoms. The maximum atomic E-state index is 13.2. The van der Waals surface area contributed by atoms with E-state index >= 15 is 0 Å². The van der Waals surface area contributed by atoms with E-state index in [1.54, 1.807) is 41.5 Å². The molecular weight excluding hydrogens is 807 g/mol. The van der Waals surface area contributed by atoms with Crippen LogP contribution in [0.3, 0.4) is 0 Å². The van der Waals surface area contributed by atoms with Crippen molar-refractivity contribution >= 4 is 57.5 Å². The number of Topliss-reactive ketones (excluding diaryl/α,β-unsaturated/α-hetero) is 2. The van der Waals surface area contributed by atoms with Crippen LogP contribution in [0, 0.1) is 11.3 Å². The van der Waals surface area contributed by atoms with E-state index in [1.165, 1.54) is 9.14 Å². The Balaban J connectivity index is 2.65. The van der Waals surface area contributed by atoms with Crippen molar-refractivity contribution in [3.63, 3.8) is 0 Å². The third kappa shape index (κ3) is 23.0. The Morgan fingerprint density at radius 2 is 1.25 bits per heavy atom. The van der Waals surface area contributed by atoms with Crippen molar-refractivity contribution in [1.29, 1.82) is 0 Å². The molecule has 0 heterocycles. The van der Waals surface area contributed by atoms with Crippen LogP contribution < -0.4 is 14.2 Å². The minimum absolute atomic E-state index is 0.0711. The van der Waals surface area contributed by atoms with E-state index in [4.69, 9.17) is 9.47 Å². The first kappa shape index (κ1) is 50.1. The van der Waals surface area contributed by atoms with Crippen molar-refractivity contribution in [2.75, 3.05) is 0 Å². The van der Waals surface area contributed by atoms with Gasteiger partial charge in [-0.3, -0.25) is 14.4 Å². The Hall–Kier alpha value is -2.96. The van der Waals surface area contributed by atoms with Crippen LogP contribution in [0.5, 0.6) is 0 Å². The second-order valence-electron chi connectivity index (χ2n) is 19.0. The number of amides is 2. The van der Waals surface area contributed by atoms with Crippen molar-refractivity contribution in [2.24, 2.45) is 11.3 Å². The summed E-state index contributed by atoms with van der Waals surface area (Å²) >= 11 is -2.07.